The summed E-state index contributed by atoms with van der Waals surface area (Å²) < 4.78 is 7.26. The van der Waals surface area contributed by atoms with Crippen molar-refractivity contribution in [2.45, 2.75) is 39.3 Å². The topological polar surface area (TPSA) is 67.7 Å². The van der Waals surface area contributed by atoms with E-state index in [-0.39, 0.29) is 11.8 Å². The van der Waals surface area contributed by atoms with Crippen LogP contribution in [-0.4, -0.2) is 63.2 Å². The Morgan fingerprint density at radius 1 is 1.27 bits per heavy atom. The van der Waals surface area contributed by atoms with Crippen LogP contribution in [-0.2, 0) is 11.3 Å². The molecule has 2 aliphatic heterocycles. The highest BCUT2D eigenvalue weighted by atomic mass is 16.5. The zero-order valence-electron chi connectivity index (χ0n) is 13.3. The zero-order valence-corrected chi connectivity index (χ0v) is 13.3. The maximum Gasteiger partial charge on any atom is 0.275 e. The predicted octanol–water partition coefficient (Wildman–Crippen LogP) is 0.748. The van der Waals surface area contributed by atoms with Gasteiger partial charge in [-0.1, -0.05) is 0 Å². The van der Waals surface area contributed by atoms with E-state index in [9.17, 15) is 9.59 Å². The summed E-state index contributed by atoms with van der Waals surface area (Å²) in [4.78, 5) is 27.9. The Labute approximate surface area is 129 Å². The average molecular weight is 306 g/mol. The molecule has 7 nitrogen and oxygen atoms in total. The van der Waals surface area contributed by atoms with E-state index in [1.54, 1.807) is 27.5 Å². The number of amides is 2. The van der Waals surface area contributed by atoms with Crippen LogP contribution >= 0.6 is 0 Å². The summed E-state index contributed by atoms with van der Waals surface area (Å²) in [7, 11) is 0. The minimum absolute atomic E-state index is 0.0472. The first-order valence-corrected chi connectivity index (χ1v) is 7.66. The number of carbonyl (C=O) groups excluding carboxylic acids is 2. The summed E-state index contributed by atoms with van der Waals surface area (Å²) in [5, 5.41) is 4.37. The number of aromatic nitrogens is 2. The third-order valence-corrected chi connectivity index (χ3v) is 4.32. The van der Waals surface area contributed by atoms with Crippen molar-refractivity contribution in [3.05, 3.63) is 11.8 Å². The molecular formula is C15H22N4O3. The molecule has 1 aromatic heterocycles. The van der Waals surface area contributed by atoms with Gasteiger partial charge in [0.05, 0.1) is 12.1 Å². The number of fused-ring (bicyclic) bond motifs is 1. The first-order valence-electron chi connectivity index (χ1n) is 7.66. The second-order valence-corrected chi connectivity index (χ2v) is 6.50. The Kier molecular flexibility index (Phi) is 3.58. The molecule has 120 valence electrons. The van der Waals surface area contributed by atoms with Crippen molar-refractivity contribution < 1.29 is 14.3 Å². The Balaban J connectivity index is 1.80. The lowest BCUT2D eigenvalue weighted by Gasteiger charge is -2.46. The fourth-order valence-electron chi connectivity index (χ4n) is 3.11. The molecule has 0 aliphatic carbocycles. The fourth-order valence-corrected chi connectivity index (χ4v) is 3.11. The molecule has 1 fully saturated rings. The normalized spacial score (nSPS) is 20.3. The van der Waals surface area contributed by atoms with Crippen molar-refractivity contribution in [2.75, 3.05) is 26.2 Å². The quantitative estimate of drug-likeness (QED) is 0.768. The summed E-state index contributed by atoms with van der Waals surface area (Å²) in [6.45, 7) is 8.60. The van der Waals surface area contributed by atoms with Crippen LogP contribution in [0.3, 0.4) is 0 Å². The van der Waals surface area contributed by atoms with Crippen LogP contribution in [0.5, 0.6) is 5.88 Å². The van der Waals surface area contributed by atoms with E-state index >= 15 is 0 Å². The molecule has 0 saturated carbocycles. The Hall–Kier alpha value is -2.05. The highest BCUT2D eigenvalue weighted by Gasteiger charge is 2.39. The lowest BCUT2D eigenvalue weighted by atomic mass is 9.98. The van der Waals surface area contributed by atoms with Crippen LogP contribution < -0.4 is 4.74 Å². The zero-order chi connectivity index (χ0) is 15.9. The third kappa shape index (κ3) is 2.55. The Morgan fingerprint density at radius 2 is 2.05 bits per heavy atom. The predicted molar refractivity (Wildman–Crippen MR) is 79.7 cm³/mol. The number of hydrogen-bond donors (Lipinski definition) is 0. The van der Waals surface area contributed by atoms with Gasteiger partial charge in [-0.2, -0.15) is 5.10 Å². The molecule has 0 N–H and O–H groups in total. The number of rotatable bonds is 1. The first-order chi connectivity index (χ1) is 10.4. The van der Waals surface area contributed by atoms with E-state index in [0.29, 0.717) is 37.8 Å². The maximum atomic E-state index is 12.8. The molecule has 3 rings (SSSR count). The van der Waals surface area contributed by atoms with E-state index in [4.69, 9.17) is 4.74 Å². The number of nitrogens with zero attached hydrogens (tertiary/aromatic N) is 4. The second kappa shape index (κ2) is 5.30. The van der Waals surface area contributed by atoms with Gasteiger partial charge in [0.25, 0.3) is 5.91 Å². The number of piperazine rings is 1. The van der Waals surface area contributed by atoms with Crippen molar-refractivity contribution in [3.8, 4) is 5.88 Å². The minimum atomic E-state index is -0.411. The van der Waals surface area contributed by atoms with E-state index in [1.165, 1.54) is 0 Å². The molecule has 1 saturated heterocycles. The van der Waals surface area contributed by atoms with E-state index in [0.717, 1.165) is 13.0 Å². The van der Waals surface area contributed by atoms with Gasteiger partial charge in [-0.05, 0) is 13.8 Å². The van der Waals surface area contributed by atoms with Crippen LogP contribution in [0.2, 0.25) is 0 Å². The highest BCUT2D eigenvalue weighted by Crippen LogP contribution is 2.25. The lowest BCUT2D eigenvalue weighted by Crippen LogP contribution is -2.61. The largest absolute Gasteiger partial charge is 0.478 e. The molecule has 2 aliphatic rings. The fraction of sp³-hybridized carbons (Fsp3) is 0.667. The van der Waals surface area contributed by atoms with Gasteiger partial charge in [0.2, 0.25) is 11.8 Å². The number of carbonyl (C=O) groups is 2. The number of ether oxygens (including phenoxy) is 1. The van der Waals surface area contributed by atoms with Gasteiger partial charge in [-0.3, -0.25) is 9.59 Å². The van der Waals surface area contributed by atoms with Crippen molar-refractivity contribution in [1.82, 2.24) is 19.6 Å². The van der Waals surface area contributed by atoms with Gasteiger partial charge < -0.3 is 14.5 Å². The van der Waals surface area contributed by atoms with Gasteiger partial charge in [0, 0.05) is 45.6 Å². The van der Waals surface area contributed by atoms with Crippen molar-refractivity contribution in [3.63, 3.8) is 0 Å². The molecule has 0 unspecified atom stereocenters. The first kappa shape index (κ1) is 14.9. The van der Waals surface area contributed by atoms with Crippen LogP contribution in [0.25, 0.3) is 0 Å². The molecular weight excluding hydrogens is 284 g/mol. The van der Waals surface area contributed by atoms with Gasteiger partial charge in [-0.15, -0.1) is 0 Å². The monoisotopic (exact) mass is 306 g/mol. The summed E-state index contributed by atoms with van der Waals surface area (Å²) in [6.07, 6.45) is 0.908. The van der Waals surface area contributed by atoms with Crippen molar-refractivity contribution in [2.24, 2.45) is 0 Å². The second-order valence-electron chi connectivity index (χ2n) is 6.50. The molecule has 0 atom stereocenters. The smallest absolute Gasteiger partial charge is 0.275 e. The van der Waals surface area contributed by atoms with Crippen LogP contribution in [0.4, 0.5) is 0 Å². The molecule has 22 heavy (non-hydrogen) atoms. The summed E-state index contributed by atoms with van der Waals surface area (Å²) in [5.41, 5.74) is 0.00709. The van der Waals surface area contributed by atoms with E-state index in [1.807, 2.05) is 13.8 Å². The van der Waals surface area contributed by atoms with Crippen LogP contribution in [0.15, 0.2) is 6.07 Å². The SMILES string of the molecule is CC(=O)N1CCN(C(=O)c2cc3n(n2)CCCO3)C(C)(C)C1. The van der Waals surface area contributed by atoms with Gasteiger partial charge in [-0.25, -0.2) is 4.68 Å². The molecule has 3 heterocycles. The van der Waals surface area contributed by atoms with E-state index < -0.39 is 5.54 Å². The summed E-state index contributed by atoms with van der Waals surface area (Å²) >= 11 is 0. The summed E-state index contributed by atoms with van der Waals surface area (Å²) in [5.74, 6) is 0.611. The summed E-state index contributed by atoms with van der Waals surface area (Å²) in [6, 6.07) is 1.72. The average Bonchev–Trinajstić information content (AvgIpc) is 2.89. The van der Waals surface area contributed by atoms with Gasteiger partial charge >= 0.3 is 0 Å². The Bertz CT molecular complexity index is 584. The van der Waals surface area contributed by atoms with Gasteiger partial charge in [0.1, 0.15) is 0 Å². The van der Waals surface area contributed by atoms with Crippen LogP contribution in [0.1, 0.15) is 37.7 Å². The number of aryl methyl sites for hydroxylation is 1. The molecule has 0 aromatic carbocycles. The molecule has 0 spiro atoms. The molecule has 2 amide bonds. The maximum absolute atomic E-state index is 12.8. The third-order valence-electron chi connectivity index (χ3n) is 4.32. The standard InChI is InChI=1S/C15H22N4O3/c1-11(20)17-6-7-18(15(2,3)10-17)14(21)12-9-13-19(16-12)5-4-8-22-13/h9H,4-8,10H2,1-3H3. The van der Waals surface area contributed by atoms with Gasteiger partial charge in [0.15, 0.2) is 5.69 Å². The van der Waals surface area contributed by atoms with Crippen molar-refractivity contribution >= 4 is 11.8 Å². The molecule has 0 bridgehead atoms. The van der Waals surface area contributed by atoms with E-state index in [2.05, 4.69) is 5.10 Å². The Morgan fingerprint density at radius 3 is 2.68 bits per heavy atom. The lowest BCUT2D eigenvalue weighted by molar-refractivity contribution is -0.133. The van der Waals surface area contributed by atoms with Crippen LogP contribution in [0, 0.1) is 0 Å². The highest BCUT2D eigenvalue weighted by molar-refractivity contribution is 5.93. The molecule has 7 heteroatoms. The van der Waals surface area contributed by atoms with Crippen molar-refractivity contribution in [1.29, 1.82) is 0 Å². The molecule has 1 aromatic rings. The minimum Gasteiger partial charge on any atom is -0.478 e. The number of hydrogen-bond acceptors (Lipinski definition) is 4. The molecule has 0 radical (unpaired) electrons.